The van der Waals surface area contributed by atoms with Crippen molar-refractivity contribution < 1.29 is 9.47 Å². The molecule has 8 heteroatoms. The molecule has 0 spiro atoms. The third kappa shape index (κ3) is 2.70. The quantitative estimate of drug-likeness (QED) is 0.642. The summed E-state index contributed by atoms with van der Waals surface area (Å²) in [5, 5.41) is 3.83. The average molecular weight is 458 g/mol. The van der Waals surface area contributed by atoms with Gasteiger partial charge < -0.3 is 19.4 Å². The van der Waals surface area contributed by atoms with Crippen molar-refractivity contribution in [1.29, 1.82) is 0 Å². The summed E-state index contributed by atoms with van der Waals surface area (Å²) < 4.78 is 15.0. The first kappa shape index (κ1) is 20.0. The summed E-state index contributed by atoms with van der Waals surface area (Å²) in [5.41, 5.74) is 1.77. The molecular weight excluding hydrogens is 426 g/mol. The van der Waals surface area contributed by atoms with E-state index < -0.39 is 5.79 Å². The zero-order chi connectivity index (χ0) is 21.7. The normalized spacial score (nSPS) is 37.9. The molecule has 0 radical (unpaired) electrons. The van der Waals surface area contributed by atoms with Crippen LogP contribution in [0.25, 0.3) is 11.2 Å². The number of nitrogens with one attached hydrogen (secondary N) is 1. The molecule has 5 fully saturated rings. The van der Waals surface area contributed by atoms with Gasteiger partial charge in [0.05, 0.1) is 18.5 Å². The molecule has 1 N–H and O–H groups in total. The fraction of sp³-hybridized carbons (Fsp3) is 0.792. The maximum absolute atomic E-state index is 6.48. The van der Waals surface area contributed by atoms with E-state index in [1.54, 1.807) is 6.33 Å². The van der Waals surface area contributed by atoms with Gasteiger partial charge in [0.15, 0.2) is 17.3 Å². The number of rotatable bonds is 6. The Hall–Kier alpha value is -1.44. The third-order valence-electron chi connectivity index (χ3n) is 9.17. The van der Waals surface area contributed by atoms with E-state index in [0.717, 1.165) is 35.2 Å². The van der Waals surface area contributed by atoms with Crippen molar-refractivity contribution in [1.82, 2.24) is 19.5 Å². The third-order valence-corrected chi connectivity index (χ3v) is 9.67. The molecule has 0 unspecified atom stereocenters. The molecule has 172 valence electrons. The van der Waals surface area contributed by atoms with Gasteiger partial charge >= 0.3 is 0 Å². The molecule has 0 amide bonds. The second-order valence-corrected chi connectivity index (χ2v) is 11.6. The molecule has 1 aliphatic heterocycles. The topological polar surface area (TPSA) is 74.1 Å². The van der Waals surface area contributed by atoms with Crippen LogP contribution in [-0.4, -0.2) is 49.4 Å². The standard InChI is InChI=1S/C24H32ClN5O2/c1-23(2)31-19-18(15-9-24(15,10-25)20(19)32-23)30-12-28-17-21(26-11-27-22(17)30)29-16(13-5-3-6-13)14-7-4-8-14/h11-16,18-20H,3-10H2,1-2H3,(H,26,27,29)/t15-,18-,19+,20+,24+/m1/s1. The van der Waals surface area contributed by atoms with Crippen molar-refractivity contribution in [3.63, 3.8) is 0 Å². The zero-order valence-corrected chi connectivity index (χ0v) is 19.6. The van der Waals surface area contributed by atoms with Crippen LogP contribution in [0.3, 0.4) is 0 Å². The molecule has 2 aromatic heterocycles. The molecule has 4 saturated carbocycles. The van der Waals surface area contributed by atoms with E-state index in [9.17, 15) is 0 Å². The van der Waals surface area contributed by atoms with E-state index in [4.69, 9.17) is 26.1 Å². The van der Waals surface area contributed by atoms with E-state index in [1.807, 2.05) is 20.2 Å². The van der Waals surface area contributed by atoms with E-state index in [1.165, 1.54) is 38.5 Å². The van der Waals surface area contributed by atoms with Crippen LogP contribution in [0.15, 0.2) is 12.7 Å². The fourth-order valence-corrected chi connectivity index (χ4v) is 7.44. The number of alkyl halides is 1. The zero-order valence-electron chi connectivity index (χ0n) is 18.8. The molecule has 2 aromatic rings. The van der Waals surface area contributed by atoms with Crippen molar-refractivity contribution in [3.05, 3.63) is 12.7 Å². The second-order valence-electron chi connectivity index (χ2n) is 11.3. The van der Waals surface area contributed by atoms with Crippen LogP contribution in [0.1, 0.15) is 64.8 Å². The number of halogens is 1. The Labute approximate surface area is 193 Å². The molecule has 0 aromatic carbocycles. The highest BCUT2D eigenvalue weighted by molar-refractivity contribution is 6.18. The van der Waals surface area contributed by atoms with Crippen LogP contribution in [0.4, 0.5) is 5.82 Å². The first-order chi connectivity index (χ1) is 15.5. The van der Waals surface area contributed by atoms with Gasteiger partial charge in [-0.15, -0.1) is 11.6 Å². The number of aromatic nitrogens is 4. The van der Waals surface area contributed by atoms with Gasteiger partial charge in [-0.05, 0) is 63.7 Å². The minimum Gasteiger partial charge on any atom is -0.365 e. The van der Waals surface area contributed by atoms with Crippen molar-refractivity contribution in [3.8, 4) is 0 Å². The molecule has 5 atom stereocenters. The van der Waals surface area contributed by atoms with E-state index in [-0.39, 0.29) is 23.7 Å². The predicted octanol–water partition coefficient (Wildman–Crippen LogP) is 4.53. The molecular formula is C24H32ClN5O2. The SMILES string of the molecule is CC1(C)O[C@H]2[C@H](n3cnc4c(NC(C5CCC5)C5CCC5)ncnc43)[C@H]3C[C@@]3(CCl)[C@H]2O1. The number of nitrogens with zero attached hydrogens (tertiary/aromatic N) is 4. The van der Waals surface area contributed by atoms with E-state index in [2.05, 4.69) is 19.9 Å². The van der Waals surface area contributed by atoms with Crippen LogP contribution >= 0.6 is 11.6 Å². The Bertz CT molecular complexity index is 1040. The van der Waals surface area contributed by atoms with Crippen molar-refractivity contribution in [2.24, 2.45) is 23.2 Å². The lowest BCUT2D eigenvalue weighted by Crippen LogP contribution is -2.42. The average Bonchev–Trinajstić information content (AvgIpc) is 2.95. The molecule has 0 bridgehead atoms. The van der Waals surface area contributed by atoms with Gasteiger partial charge in [0, 0.05) is 17.3 Å². The van der Waals surface area contributed by atoms with Gasteiger partial charge in [0.25, 0.3) is 0 Å². The predicted molar refractivity (Wildman–Crippen MR) is 122 cm³/mol. The van der Waals surface area contributed by atoms with Crippen LogP contribution < -0.4 is 5.32 Å². The number of ether oxygens (including phenoxy) is 2. The summed E-state index contributed by atoms with van der Waals surface area (Å²) in [7, 11) is 0. The second kappa shape index (κ2) is 6.80. The molecule has 7 rings (SSSR count). The number of hydrogen-bond acceptors (Lipinski definition) is 6. The van der Waals surface area contributed by atoms with Gasteiger partial charge in [-0.3, -0.25) is 0 Å². The summed E-state index contributed by atoms with van der Waals surface area (Å²) in [4.78, 5) is 14.1. The Morgan fingerprint density at radius 1 is 1.12 bits per heavy atom. The highest BCUT2D eigenvalue weighted by Gasteiger charge is 2.75. The van der Waals surface area contributed by atoms with Gasteiger partial charge in [-0.2, -0.15) is 0 Å². The smallest absolute Gasteiger partial charge is 0.165 e. The summed E-state index contributed by atoms with van der Waals surface area (Å²) in [6, 6.07) is 0.652. The number of anilines is 1. The summed E-state index contributed by atoms with van der Waals surface area (Å²) in [6.07, 6.45) is 12.7. The molecule has 7 nitrogen and oxygen atoms in total. The van der Waals surface area contributed by atoms with Crippen LogP contribution in [0, 0.1) is 23.2 Å². The van der Waals surface area contributed by atoms with E-state index >= 15 is 0 Å². The lowest BCUT2D eigenvalue weighted by molar-refractivity contribution is -0.160. The van der Waals surface area contributed by atoms with Gasteiger partial charge in [0.2, 0.25) is 0 Å². The molecule has 32 heavy (non-hydrogen) atoms. The molecule has 4 aliphatic carbocycles. The Morgan fingerprint density at radius 3 is 2.53 bits per heavy atom. The van der Waals surface area contributed by atoms with Gasteiger partial charge in [-0.1, -0.05) is 12.8 Å². The lowest BCUT2D eigenvalue weighted by Gasteiger charge is -2.43. The highest BCUT2D eigenvalue weighted by atomic mass is 35.5. The van der Waals surface area contributed by atoms with Crippen LogP contribution in [0.2, 0.25) is 0 Å². The Balaban J connectivity index is 1.23. The van der Waals surface area contributed by atoms with Crippen molar-refractivity contribution >= 4 is 28.6 Å². The summed E-state index contributed by atoms with van der Waals surface area (Å²) >= 11 is 6.48. The fourth-order valence-electron chi connectivity index (χ4n) is 6.98. The first-order valence-corrected chi connectivity index (χ1v) is 12.9. The van der Waals surface area contributed by atoms with Crippen LogP contribution in [0.5, 0.6) is 0 Å². The largest absolute Gasteiger partial charge is 0.365 e. The lowest BCUT2D eigenvalue weighted by atomic mass is 9.68. The monoisotopic (exact) mass is 457 g/mol. The number of hydrogen-bond donors (Lipinski definition) is 1. The molecule has 1 saturated heterocycles. The molecule has 3 heterocycles. The number of fused-ring (bicyclic) bond motifs is 4. The highest BCUT2D eigenvalue weighted by Crippen LogP contribution is 2.71. The maximum Gasteiger partial charge on any atom is 0.165 e. The van der Waals surface area contributed by atoms with Gasteiger partial charge in [-0.25, -0.2) is 15.0 Å². The van der Waals surface area contributed by atoms with Crippen molar-refractivity contribution in [2.75, 3.05) is 11.2 Å². The maximum atomic E-state index is 6.48. The minimum atomic E-state index is -0.586. The Kier molecular flexibility index (Phi) is 4.24. The summed E-state index contributed by atoms with van der Waals surface area (Å²) in [5.74, 6) is 2.88. The van der Waals surface area contributed by atoms with Crippen LogP contribution in [-0.2, 0) is 9.47 Å². The minimum absolute atomic E-state index is 0.00883. The Morgan fingerprint density at radius 2 is 1.88 bits per heavy atom. The summed E-state index contributed by atoms with van der Waals surface area (Å²) in [6.45, 7) is 4.00. The first-order valence-electron chi connectivity index (χ1n) is 12.4. The number of imidazole rings is 1. The van der Waals surface area contributed by atoms with Gasteiger partial charge in [0.1, 0.15) is 17.9 Å². The van der Waals surface area contributed by atoms with E-state index in [0.29, 0.717) is 17.8 Å². The molecule has 5 aliphatic rings. The van der Waals surface area contributed by atoms with Crippen molar-refractivity contribution in [2.45, 2.75) is 88.9 Å².